The molecule has 0 aliphatic rings. The van der Waals surface area contributed by atoms with Crippen molar-refractivity contribution in [3.05, 3.63) is 76.6 Å². The van der Waals surface area contributed by atoms with Crippen LogP contribution in [0.5, 0.6) is 0 Å². The quantitative estimate of drug-likeness (QED) is 0.702. The third-order valence-electron chi connectivity index (χ3n) is 3.89. The molecule has 0 radical (unpaired) electrons. The second-order valence-corrected chi connectivity index (χ2v) is 6.68. The van der Waals surface area contributed by atoms with Crippen molar-refractivity contribution in [2.24, 2.45) is 0 Å². The van der Waals surface area contributed by atoms with E-state index in [1.54, 1.807) is 17.8 Å². The largest absolute Gasteiger partial charge is 0.323 e. The summed E-state index contributed by atoms with van der Waals surface area (Å²) in [5.74, 6) is -0.290. The molecule has 0 spiro atoms. The lowest BCUT2D eigenvalue weighted by molar-refractivity contribution is -0.117. The van der Waals surface area contributed by atoms with E-state index < -0.39 is 0 Å². The first-order valence-electron chi connectivity index (χ1n) is 8.15. The molecule has 0 bridgehead atoms. The van der Waals surface area contributed by atoms with Gasteiger partial charge in [0.05, 0.1) is 11.4 Å². The number of aryl methyl sites for hydroxylation is 1. The average Bonchev–Trinajstić information content (AvgIpc) is 2.64. The van der Waals surface area contributed by atoms with Crippen molar-refractivity contribution < 1.29 is 4.79 Å². The molecule has 0 saturated heterocycles. The standard InChI is InChI=1S/C20H19N3O2S/c1-14-7-9-15(10-8-14)16-11-12-20(25)23(22-16)13-19(24)21-17-5-3-4-6-18(17)26-2/h3-12H,13H2,1-2H3,(H,21,24). The van der Waals surface area contributed by atoms with Crippen LogP contribution in [0.25, 0.3) is 11.3 Å². The van der Waals surface area contributed by atoms with E-state index in [0.717, 1.165) is 21.7 Å². The van der Waals surface area contributed by atoms with Gasteiger partial charge in [0.2, 0.25) is 5.91 Å². The molecular weight excluding hydrogens is 346 g/mol. The number of nitrogens with one attached hydrogen (secondary N) is 1. The van der Waals surface area contributed by atoms with Crippen LogP contribution in [0.2, 0.25) is 0 Å². The summed E-state index contributed by atoms with van der Waals surface area (Å²) in [6, 6.07) is 18.5. The molecule has 3 rings (SSSR count). The summed E-state index contributed by atoms with van der Waals surface area (Å²) in [6.07, 6.45) is 1.95. The number of anilines is 1. The molecule has 0 fully saturated rings. The minimum absolute atomic E-state index is 0.138. The van der Waals surface area contributed by atoms with Crippen LogP contribution in [0, 0.1) is 6.92 Å². The van der Waals surface area contributed by atoms with E-state index in [1.165, 1.54) is 10.7 Å². The number of hydrogen-bond acceptors (Lipinski definition) is 4. The van der Waals surface area contributed by atoms with Crippen molar-refractivity contribution in [1.82, 2.24) is 9.78 Å². The number of hydrogen-bond donors (Lipinski definition) is 1. The fourth-order valence-corrected chi connectivity index (χ4v) is 3.07. The lowest BCUT2D eigenvalue weighted by Crippen LogP contribution is -2.29. The number of aromatic nitrogens is 2. The number of para-hydroxylation sites is 1. The van der Waals surface area contributed by atoms with Gasteiger partial charge in [-0.05, 0) is 31.4 Å². The molecule has 2 aromatic carbocycles. The van der Waals surface area contributed by atoms with Crippen molar-refractivity contribution in [2.75, 3.05) is 11.6 Å². The topological polar surface area (TPSA) is 64.0 Å². The van der Waals surface area contributed by atoms with Crippen molar-refractivity contribution in [3.8, 4) is 11.3 Å². The van der Waals surface area contributed by atoms with E-state index in [-0.39, 0.29) is 18.0 Å². The highest BCUT2D eigenvalue weighted by Gasteiger charge is 2.10. The fraction of sp³-hybridized carbons (Fsp3) is 0.150. The Morgan fingerprint density at radius 2 is 1.81 bits per heavy atom. The molecule has 0 saturated carbocycles. The average molecular weight is 365 g/mol. The summed E-state index contributed by atoms with van der Waals surface area (Å²) >= 11 is 1.55. The Morgan fingerprint density at radius 1 is 1.08 bits per heavy atom. The first kappa shape index (κ1) is 17.9. The first-order valence-corrected chi connectivity index (χ1v) is 9.37. The maximum Gasteiger partial charge on any atom is 0.267 e. The van der Waals surface area contributed by atoms with Gasteiger partial charge in [-0.3, -0.25) is 9.59 Å². The molecule has 132 valence electrons. The van der Waals surface area contributed by atoms with Crippen LogP contribution in [0.4, 0.5) is 5.69 Å². The van der Waals surface area contributed by atoms with Crippen LogP contribution in [-0.4, -0.2) is 21.9 Å². The number of carbonyl (C=O) groups excluding carboxylic acids is 1. The van der Waals surface area contributed by atoms with Crippen LogP contribution < -0.4 is 10.9 Å². The lowest BCUT2D eigenvalue weighted by atomic mass is 10.1. The monoisotopic (exact) mass is 365 g/mol. The number of nitrogens with zero attached hydrogens (tertiary/aromatic N) is 2. The Kier molecular flexibility index (Phi) is 5.53. The lowest BCUT2D eigenvalue weighted by Gasteiger charge is -2.10. The Morgan fingerprint density at radius 3 is 2.54 bits per heavy atom. The molecule has 26 heavy (non-hydrogen) atoms. The number of thioether (sulfide) groups is 1. The van der Waals surface area contributed by atoms with Gasteiger partial charge in [0.15, 0.2) is 0 Å². The highest BCUT2D eigenvalue weighted by atomic mass is 32.2. The van der Waals surface area contributed by atoms with E-state index in [9.17, 15) is 9.59 Å². The summed E-state index contributed by atoms with van der Waals surface area (Å²) in [4.78, 5) is 25.4. The van der Waals surface area contributed by atoms with E-state index >= 15 is 0 Å². The first-order chi connectivity index (χ1) is 12.6. The van der Waals surface area contributed by atoms with Gasteiger partial charge in [-0.15, -0.1) is 11.8 Å². The fourth-order valence-electron chi connectivity index (χ4n) is 2.51. The van der Waals surface area contributed by atoms with Gasteiger partial charge >= 0.3 is 0 Å². The molecule has 5 nitrogen and oxygen atoms in total. The van der Waals surface area contributed by atoms with Gasteiger partial charge in [0.1, 0.15) is 6.54 Å². The highest BCUT2D eigenvalue weighted by molar-refractivity contribution is 7.98. The van der Waals surface area contributed by atoms with Crippen LogP contribution in [0.15, 0.2) is 70.4 Å². The molecule has 3 aromatic rings. The zero-order chi connectivity index (χ0) is 18.5. The molecule has 1 heterocycles. The zero-order valence-electron chi connectivity index (χ0n) is 14.6. The highest BCUT2D eigenvalue weighted by Crippen LogP contribution is 2.24. The second-order valence-electron chi connectivity index (χ2n) is 5.83. The van der Waals surface area contributed by atoms with Crippen LogP contribution >= 0.6 is 11.8 Å². The molecule has 1 aromatic heterocycles. The Labute approximate surface area is 156 Å². The molecule has 0 atom stereocenters. The third kappa shape index (κ3) is 4.21. The van der Waals surface area contributed by atoms with Gasteiger partial charge in [0, 0.05) is 16.5 Å². The molecule has 0 unspecified atom stereocenters. The molecular formula is C20H19N3O2S. The molecule has 1 amide bonds. The van der Waals surface area contributed by atoms with Crippen LogP contribution in [0.1, 0.15) is 5.56 Å². The number of benzene rings is 2. The van der Waals surface area contributed by atoms with Gasteiger partial charge in [-0.25, -0.2) is 4.68 Å². The van der Waals surface area contributed by atoms with Gasteiger partial charge < -0.3 is 5.32 Å². The summed E-state index contributed by atoms with van der Waals surface area (Å²) in [5, 5.41) is 7.18. The van der Waals surface area contributed by atoms with Crippen molar-refractivity contribution in [2.45, 2.75) is 18.4 Å². The Hall–Kier alpha value is -2.86. The molecule has 0 aliphatic heterocycles. The number of carbonyl (C=O) groups is 1. The minimum atomic E-state index is -0.311. The van der Waals surface area contributed by atoms with Crippen molar-refractivity contribution in [3.63, 3.8) is 0 Å². The summed E-state index contributed by atoms with van der Waals surface area (Å²) in [7, 11) is 0. The van der Waals surface area contributed by atoms with Gasteiger partial charge in [-0.2, -0.15) is 5.10 Å². The van der Waals surface area contributed by atoms with Crippen LogP contribution in [-0.2, 0) is 11.3 Å². The van der Waals surface area contributed by atoms with Gasteiger partial charge in [-0.1, -0.05) is 42.0 Å². The molecule has 0 aliphatic carbocycles. The molecule has 1 N–H and O–H groups in total. The van der Waals surface area contributed by atoms with E-state index in [4.69, 9.17) is 0 Å². The maximum absolute atomic E-state index is 12.4. The van der Waals surface area contributed by atoms with Crippen LogP contribution in [0.3, 0.4) is 0 Å². The summed E-state index contributed by atoms with van der Waals surface area (Å²) < 4.78 is 1.19. The Balaban J connectivity index is 1.81. The smallest absolute Gasteiger partial charge is 0.267 e. The second kappa shape index (κ2) is 8.01. The number of rotatable bonds is 5. The van der Waals surface area contributed by atoms with E-state index in [2.05, 4.69) is 10.4 Å². The zero-order valence-corrected chi connectivity index (χ0v) is 15.4. The Bertz CT molecular complexity index is 981. The minimum Gasteiger partial charge on any atom is -0.323 e. The summed E-state index contributed by atoms with van der Waals surface area (Å²) in [5.41, 5.74) is 3.12. The van der Waals surface area contributed by atoms with E-state index in [1.807, 2.05) is 61.7 Å². The van der Waals surface area contributed by atoms with Crippen molar-refractivity contribution >= 4 is 23.4 Å². The number of amides is 1. The van der Waals surface area contributed by atoms with E-state index in [0.29, 0.717) is 5.69 Å². The predicted octanol–water partition coefficient (Wildman–Crippen LogP) is 3.58. The maximum atomic E-state index is 12.4. The molecule has 6 heteroatoms. The van der Waals surface area contributed by atoms with Gasteiger partial charge in [0.25, 0.3) is 5.56 Å². The third-order valence-corrected chi connectivity index (χ3v) is 4.68. The summed E-state index contributed by atoms with van der Waals surface area (Å²) in [6.45, 7) is 1.87. The predicted molar refractivity (Wildman–Crippen MR) is 106 cm³/mol. The SMILES string of the molecule is CSc1ccccc1NC(=O)Cn1nc(-c2ccc(C)cc2)ccc1=O. The van der Waals surface area contributed by atoms with Crippen molar-refractivity contribution in [1.29, 1.82) is 0 Å². The normalized spacial score (nSPS) is 10.5.